The fourth-order valence-electron chi connectivity index (χ4n) is 1.77. The number of hydrogen-bond acceptors (Lipinski definition) is 6. The number of aromatic nitrogens is 4. The number of nitrogens with one attached hydrogen (secondary N) is 1. The van der Waals surface area contributed by atoms with Gasteiger partial charge in [-0.2, -0.15) is 9.98 Å². The molecular weight excluding hydrogens is 276 g/mol. The summed E-state index contributed by atoms with van der Waals surface area (Å²) in [4.78, 5) is 27.9. The molecule has 2 aromatic heterocycles. The molecule has 0 atom stereocenters. The third kappa shape index (κ3) is 3.07. The standard InChI is InChI=1S/C12H16N6O3/c1-5-21-8(3)16-12(19)17-18-7(2)15-9-10(18)13-6-14-11(9)20-4/h6H,5H2,1-4H3,(H,17,19)/b16-8+. The average molecular weight is 292 g/mol. The Balaban J connectivity index is 2.33. The second kappa shape index (κ2) is 6.16. The highest BCUT2D eigenvalue weighted by Crippen LogP contribution is 2.20. The number of ether oxygens (including phenoxy) is 2. The van der Waals surface area contributed by atoms with Gasteiger partial charge < -0.3 is 9.47 Å². The number of rotatable bonds is 3. The van der Waals surface area contributed by atoms with Crippen LogP contribution in [0.15, 0.2) is 11.3 Å². The molecule has 2 rings (SSSR count). The first kappa shape index (κ1) is 14.7. The van der Waals surface area contributed by atoms with Crippen LogP contribution >= 0.6 is 0 Å². The van der Waals surface area contributed by atoms with Crippen molar-refractivity contribution in [2.45, 2.75) is 20.8 Å². The van der Waals surface area contributed by atoms with Crippen molar-refractivity contribution >= 4 is 23.1 Å². The fraction of sp³-hybridized carbons (Fsp3) is 0.417. The zero-order valence-electron chi connectivity index (χ0n) is 12.2. The zero-order valence-corrected chi connectivity index (χ0v) is 12.2. The van der Waals surface area contributed by atoms with E-state index in [2.05, 4.69) is 25.4 Å². The minimum absolute atomic E-state index is 0.282. The summed E-state index contributed by atoms with van der Waals surface area (Å²) in [6.07, 6.45) is 1.33. The summed E-state index contributed by atoms with van der Waals surface area (Å²) in [5.41, 5.74) is 3.46. The molecule has 0 aliphatic carbocycles. The Kier molecular flexibility index (Phi) is 4.31. The van der Waals surface area contributed by atoms with E-state index in [0.717, 1.165) is 0 Å². The smallest absolute Gasteiger partial charge is 0.363 e. The van der Waals surface area contributed by atoms with Crippen LogP contribution in [-0.2, 0) is 4.74 Å². The molecule has 2 aromatic rings. The minimum Gasteiger partial charge on any atom is -0.481 e. The quantitative estimate of drug-likeness (QED) is 0.674. The Morgan fingerprint density at radius 3 is 2.90 bits per heavy atom. The summed E-state index contributed by atoms with van der Waals surface area (Å²) in [7, 11) is 1.49. The van der Waals surface area contributed by atoms with Gasteiger partial charge in [-0.05, 0) is 13.8 Å². The number of urea groups is 1. The number of aryl methyl sites for hydroxylation is 1. The van der Waals surface area contributed by atoms with E-state index >= 15 is 0 Å². The number of carbonyl (C=O) groups is 1. The Morgan fingerprint density at radius 2 is 2.24 bits per heavy atom. The number of aliphatic imine (C=N–C) groups is 1. The summed E-state index contributed by atoms with van der Waals surface area (Å²) in [6, 6.07) is -0.582. The van der Waals surface area contributed by atoms with E-state index in [4.69, 9.17) is 9.47 Å². The molecule has 9 nitrogen and oxygen atoms in total. The lowest BCUT2D eigenvalue weighted by Crippen LogP contribution is -2.22. The lowest BCUT2D eigenvalue weighted by atomic mass is 10.5. The molecule has 9 heteroatoms. The van der Waals surface area contributed by atoms with Gasteiger partial charge in [0.25, 0.3) is 0 Å². The molecule has 21 heavy (non-hydrogen) atoms. The van der Waals surface area contributed by atoms with Crippen LogP contribution in [0, 0.1) is 6.92 Å². The molecule has 0 spiro atoms. The maximum atomic E-state index is 11.8. The summed E-state index contributed by atoms with van der Waals surface area (Å²) in [5, 5.41) is 0. The number of hydrogen-bond donors (Lipinski definition) is 1. The Bertz CT molecular complexity index is 694. The van der Waals surface area contributed by atoms with Crippen LogP contribution in [0.5, 0.6) is 5.88 Å². The van der Waals surface area contributed by atoms with Crippen LogP contribution < -0.4 is 10.2 Å². The van der Waals surface area contributed by atoms with Crippen molar-refractivity contribution in [3.05, 3.63) is 12.2 Å². The second-order valence-electron chi connectivity index (χ2n) is 4.03. The molecule has 0 fully saturated rings. The Hall–Kier alpha value is -2.71. The number of carbonyl (C=O) groups excluding carboxylic acids is 1. The molecule has 1 N–H and O–H groups in total. The van der Waals surface area contributed by atoms with Crippen molar-refractivity contribution in [3.63, 3.8) is 0 Å². The first-order chi connectivity index (χ1) is 10.1. The number of nitrogens with zero attached hydrogens (tertiary/aromatic N) is 5. The van der Waals surface area contributed by atoms with E-state index in [1.54, 1.807) is 13.8 Å². The van der Waals surface area contributed by atoms with E-state index < -0.39 is 6.03 Å². The first-order valence-corrected chi connectivity index (χ1v) is 6.30. The number of methoxy groups -OCH3 is 1. The van der Waals surface area contributed by atoms with Crippen molar-refractivity contribution in [1.82, 2.24) is 19.6 Å². The maximum absolute atomic E-state index is 11.8. The third-order valence-electron chi connectivity index (χ3n) is 2.59. The van der Waals surface area contributed by atoms with Crippen molar-refractivity contribution in [2.24, 2.45) is 4.99 Å². The molecule has 112 valence electrons. The summed E-state index contributed by atoms with van der Waals surface area (Å²) >= 11 is 0. The summed E-state index contributed by atoms with van der Waals surface area (Å²) in [6.45, 7) is 5.58. The van der Waals surface area contributed by atoms with Crippen LogP contribution in [0.3, 0.4) is 0 Å². The molecule has 0 aliphatic heterocycles. The summed E-state index contributed by atoms with van der Waals surface area (Å²) < 4.78 is 11.6. The monoisotopic (exact) mass is 292 g/mol. The third-order valence-corrected chi connectivity index (χ3v) is 2.59. The zero-order chi connectivity index (χ0) is 15.4. The predicted molar refractivity (Wildman–Crippen MR) is 76.1 cm³/mol. The van der Waals surface area contributed by atoms with E-state index in [9.17, 15) is 4.79 Å². The molecule has 0 saturated carbocycles. The van der Waals surface area contributed by atoms with E-state index in [1.165, 1.54) is 18.1 Å². The second-order valence-corrected chi connectivity index (χ2v) is 4.03. The normalized spacial score (nSPS) is 11.5. The van der Waals surface area contributed by atoms with Gasteiger partial charge in [-0.25, -0.2) is 24.9 Å². The largest absolute Gasteiger partial charge is 0.481 e. The lowest BCUT2D eigenvalue weighted by Gasteiger charge is -2.06. The van der Waals surface area contributed by atoms with Gasteiger partial charge in [-0.1, -0.05) is 0 Å². The molecule has 0 aliphatic rings. The minimum atomic E-state index is -0.582. The van der Waals surface area contributed by atoms with E-state index in [-0.39, 0.29) is 5.90 Å². The van der Waals surface area contributed by atoms with Crippen LogP contribution in [0.4, 0.5) is 4.79 Å². The van der Waals surface area contributed by atoms with Crippen molar-refractivity contribution in [1.29, 1.82) is 0 Å². The Labute approximate surface area is 121 Å². The lowest BCUT2D eigenvalue weighted by molar-refractivity contribution is 0.255. The van der Waals surface area contributed by atoms with Crippen LogP contribution in [0.25, 0.3) is 11.2 Å². The van der Waals surface area contributed by atoms with Gasteiger partial charge in [0.05, 0.1) is 13.7 Å². The van der Waals surface area contributed by atoms with Crippen molar-refractivity contribution < 1.29 is 14.3 Å². The Morgan fingerprint density at radius 1 is 1.48 bits per heavy atom. The molecule has 0 radical (unpaired) electrons. The fourth-order valence-corrected chi connectivity index (χ4v) is 1.77. The van der Waals surface area contributed by atoms with Gasteiger partial charge in [0.2, 0.25) is 5.88 Å². The molecule has 2 amide bonds. The van der Waals surface area contributed by atoms with Gasteiger partial charge in [0.1, 0.15) is 12.2 Å². The number of imidazole rings is 1. The van der Waals surface area contributed by atoms with Crippen molar-refractivity contribution in [2.75, 3.05) is 19.1 Å². The highest BCUT2D eigenvalue weighted by Gasteiger charge is 2.15. The van der Waals surface area contributed by atoms with Gasteiger partial charge in [-0.3, -0.25) is 0 Å². The molecule has 0 unspecified atom stereocenters. The van der Waals surface area contributed by atoms with Gasteiger partial charge >= 0.3 is 6.03 Å². The topological polar surface area (TPSA) is 104 Å². The van der Waals surface area contributed by atoms with E-state index in [0.29, 0.717) is 29.5 Å². The molecule has 0 bridgehead atoms. The van der Waals surface area contributed by atoms with Gasteiger partial charge in [-0.15, -0.1) is 0 Å². The SMILES string of the molecule is CCO/C(C)=N/C(=O)Nn1c(C)nc2c(OC)ncnc21. The van der Waals surface area contributed by atoms with Crippen LogP contribution in [0.1, 0.15) is 19.7 Å². The molecular formula is C12H16N6O3. The predicted octanol–water partition coefficient (Wildman–Crippen LogP) is 1.26. The molecule has 0 saturated heterocycles. The highest BCUT2D eigenvalue weighted by atomic mass is 16.5. The number of amides is 2. The van der Waals surface area contributed by atoms with Crippen LogP contribution in [0.2, 0.25) is 0 Å². The van der Waals surface area contributed by atoms with Crippen molar-refractivity contribution in [3.8, 4) is 5.88 Å². The van der Waals surface area contributed by atoms with E-state index in [1.807, 2.05) is 6.92 Å². The average Bonchev–Trinajstić information content (AvgIpc) is 2.75. The number of fused-ring (bicyclic) bond motifs is 1. The van der Waals surface area contributed by atoms with Gasteiger partial charge in [0.15, 0.2) is 17.1 Å². The van der Waals surface area contributed by atoms with Gasteiger partial charge in [0, 0.05) is 6.92 Å². The maximum Gasteiger partial charge on any atom is 0.363 e. The molecule has 0 aromatic carbocycles. The van der Waals surface area contributed by atoms with Crippen LogP contribution in [-0.4, -0.2) is 45.3 Å². The molecule has 2 heterocycles. The summed E-state index contributed by atoms with van der Waals surface area (Å²) in [5.74, 6) is 1.15. The highest BCUT2D eigenvalue weighted by molar-refractivity contribution is 5.94. The first-order valence-electron chi connectivity index (χ1n) is 6.30.